The quantitative estimate of drug-likeness (QED) is 0.413. The lowest BCUT2D eigenvalue weighted by atomic mass is 10.1. The van der Waals surface area contributed by atoms with E-state index >= 15 is 0 Å². The van der Waals surface area contributed by atoms with E-state index in [0.717, 1.165) is 22.2 Å². The third kappa shape index (κ3) is 4.09. The van der Waals surface area contributed by atoms with Gasteiger partial charge >= 0.3 is 0 Å². The van der Waals surface area contributed by atoms with Crippen LogP contribution in [-0.4, -0.2) is 16.8 Å². The molecule has 2 heterocycles. The number of aromatic nitrogens is 1. The van der Waals surface area contributed by atoms with Crippen LogP contribution in [0.3, 0.4) is 0 Å². The maximum atomic E-state index is 12.9. The zero-order chi connectivity index (χ0) is 21.3. The van der Waals surface area contributed by atoms with E-state index in [1.54, 1.807) is 24.3 Å². The highest BCUT2D eigenvalue weighted by molar-refractivity contribution is 6.30. The standard InChI is InChI=1S/C23H20ClN3O3/c1-13-3-10-19-18(11-13)20(27-22(28)15-5-7-16(24)8-6-15)21(26-19)23(29)25-12-17-9-4-14(2)30-17/h3-11,26H,12H2,1-2H3,(H,25,29)(H,27,28). The van der Waals surface area contributed by atoms with Crippen molar-refractivity contribution in [3.05, 3.63) is 88.0 Å². The molecule has 0 saturated heterocycles. The predicted molar refractivity (Wildman–Crippen MR) is 117 cm³/mol. The van der Waals surface area contributed by atoms with Crippen LogP contribution < -0.4 is 10.6 Å². The topological polar surface area (TPSA) is 87.1 Å². The molecular formula is C23H20ClN3O3. The lowest BCUT2D eigenvalue weighted by Crippen LogP contribution is -2.24. The van der Waals surface area contributed by atoms with Crippen molar-refractivity contribution in [1.82, 2.24) is 10.3 Å². The number of amides is 2. The molecular weight excluding hydrogens is 402 g/mol. The number of H-pyrrole nitrogens is 1. The molecule has 152 valence electrons. The van der Waals surface area contributed by atoms with Crippen LogP contribution in [0.2, 0.25) is 5.02 Å². The minimum absolute atomic E-state index is 0.242. The van der Waals surface area contributed by atoms with Crippen LogP contribution in [0.25, 0.3) is 10.9 Å². The zero-order valence-electron chi connectivity index (χ0n) is 16.5. The Bertz CT molecular complexity index is 1240. The summed E-state index contributed by atoms with van der Waals surface area (Å²) in [6.07, 6.45) is 0. The van der Waals surface area contributed by atoms with Crippen molar-refractivity contribution in [3.8, 4) is 0 Å². The summed E-state index contributed by atoms with van der Waals surface area (Å²) >= 11 is 5.91. The molecule has 0 atom stereocenters. The first-order valence-corrected chi connectivity index (χ1v) is 9.81. The smallest absolute Gasteiger partial charge is 0.270 e. The Morgan fingerprint density at radius 1 is 1.00 bits per heavy atom. The molecule has 4 rings (SSSR count). The third-order valence-electron chi connectivity index (χ3n) is 4.75. The Kier molecular flexibility index (Phi) is 5.33. The van der Waals surface area contributed by atoms with Gasteiger partial charge in [0, 0.05) is 21.5 Å². The van der Waals surface area contributed by atoms with E-state index in [0.29, 0.717) is 22.0 Å². The SMILES string of the molecule is Cc1ccc2[nH]c(C(=O)NCc3ccc(C)o3)c(NC(=O)c3ccc(Cl)cc3)c2c1. The predicted octanol–water partition coefficient (Wildman–Crippen LogP) is 5.21. The average Bonchev–Trinajstić information content (AvgIpc) is 3.30. The van der Waals surface area contributed by atoms with Gasteiger partial charge in [-0.05, 0) is 62.4 Å². The fraction of sp³-hybridized carbons (Fsp3) is 0.130. The highest BCUT2D eigenvalue weighted by Gasteiger charge is 2.20. The Balaban J connectivity index is 1.65. The molecule has 4 aromatic rings. The van der Waals surface area contributed by atoms with Crippen molar-refractivity contribution in [2.75, 3.05) is 5.32 Å². The molecule has 0 aliphatic heterocycles. The molecule has 2 amide bonds. The average molecular weight is 422 g/mol. The number of rotatable bonds is 5. The molecule has 0 bridgehead atoms. The Morgan fingerprint density at radius 3 is 2.47 bits per heavy atom. The van der Waals surface area contributed by atoms with Gasteiger partial charge in [-0.2, -0.15) is 0 Å². The highest BCUT2D eigenvalue weighted by atomic mass is 35.5. The Morgan fingerprint density at radius 2 is 1.77 bits per heavy atom. The molecule has 0 aliphatic rings. The van der Waals surface area contributed by atoms with Gasteiger partial charge in [0.15, 0.2) is 0 Å². The van der Waals surface area contributed by atoms with Gasteiger partial charge in [-0.25, -0.2) is 0 Å². The first-order chi connectivity index (χ1) is 14.4. The number of anilines is 1. The van der Waals surface area contributed by atoms with E-state index in [4.69, 9.17) is 16.0 Å². The summed E-state index contributed by atoms with van der Waals surface area (Å²) in [5.74, 6) is 0.755. The molecule has 6 nitrogen and oxygen atoms in total. The summed E-state index contributed by atoms with van der Waals surface area (Å²) in [5.41, 5.74) is 2.93. The van der Waals surface area contributed by atoms with E-state index in [2.05, 4.69) is 15.6 Å². The van der Waals surface area contributed by atoms with Crippen LogP contribution in [0, 0.1) is 13.8 Å². The van der Waals surface area contributed by atoms with Gasteiger partial charge in [-0.15, -0.1) is 0 Å². The molecule has 2 aromatic carbocycles. The van der Waals surface area contributed by atoms with Crippen LogP contribution in [0.4, 0.5) is 5.69 Å². The lowest BCUT2D eigenvalue weighted by Gasteiger charge is -2.08. The molecule has 0 fully saturated rings. The summed E-state index contributed by atoms with van der Waals surface area (Å²) in [7, 11) is 0. The van der Waals surface area contributed by atoms with Crippen LogP contribution in [-0.2, 0) is 6.54 Å². The second-order valence-corrected chi connectivity index (χ2v) is 7.52. The summed E-state index contributed by atoms with van der Waals surface area (Å²) in [4.78, 5) is 28.8. The molecule has 30 heavy (non-hydrogen) atoms. The molecule has 0 aliphatic carbocycles. The fourth-order valence-electron chi connectivity index (χ4n) is 3.23. The summed E-state index contributed by atoms with van der Waals surface area (Å²) in [6, 6.07) is 16.0. The Labute approximate surface area is 178 Å². The maximum absolute atomic E-state index is 12.9. The van der Waals surface area contributed by atoms with Crippen molar-refractivity contribution < 1.29 is 14.0 Å². The van der Waals surface area contributed by atoms with Crippen LogP contribution >= 0.6 is 11.6 Å². The number of fused-ring (bicyclic) bond motifs is 1. The third-order valence-corrected chi connectivity index (χ3v) is 5.00. The molecule has 7 heteroatoms. The highest BCUT2D eigenvalue weighted by Crippen LogP contribution is 2.29. The number of carbonyl (C=O) groups is 2. The second kappa shape index (κ2) is 8.08. The van der Waals surface area contributed by atoms with E-state index in [9.17, 15) is 9.59 Å². The van der Waals surface area contributed by atoms with Crippen molar-refractivity contribution in [1.29, 1.82) is 0 Å². The number of hydrogen-bond acceptors (Lipinski definition) is 3. The second-order valence-electron chi connectivity index (χ2n) is 7.08. The number of halogens is 1. The Hall–Kier alpha value is -3.51. The van der Waals surface area contributed by atoms with Gasteiger partial charge < -0.3 is 20.0 Å². The van der Waals surface area contributed by atoms with Crippen LogP contribution in [0.5, 0.6) is 0 Å². The van der Waals surface area contributed by atoms with Gasteiger partial charge in [0.05, 0.1) is 12.2 Å². The minimum atomic E-state index is -0.343. The fourth-order valence-corrected chi connectivity index (χ4v) is 3.35. The van der Waals surface area contributed by atoms with E-state index < -0.39 is 0 Å². The van der Waals surface area contributed by atoms with Gasteiger partial charge in [-0.1, -0.05) is 23.2 Å². The maximum Gasteiger partial charge on any atom is 0.270 e. The monoisotopic (exact) mass is 421 g/mol. The summed E-state index contributed by atoms with van der Waals surface area (Å²) in [5, 5.41) is 7.02. The normalized spacial score (nSPS) is 10.9. The van der Waals surface area contributed by atoms with Crippen molar-refractivity contribution in [3.63, 3.8) is 0 Å². The van der Waals surface area contributed by atoms with Gasteiger partial charge in [0.25, 0.3) is 11.8 Å². The first kappa shape index (κ1) is 19.8. The number of furan rings is 1. The lowest BCUT2D eigenvalue weighted by molar-refractivity contribution is 0.0944. The van der Waals surface area contributed by atoms with Crippen molar-refractivity contribution in [2.24, 2.45) is 0 Å². The van der Waals surface area contributed by atoms with Gasteiger partial charge in [-0.3, -0.25) is 9.59 Å². The summed E-state index contributed by atoms with van der Waals surface area (Å²) < 4.78 is 5.50. The number of carbonyl (C=O) groups excluding carboxylic acids is 2. The molecule has 3 N–H and O–H groups in total. The first-order valence-electron chi connectivity index (χ1n) is 9.43. The van der Waals surface area contributed by atoms with E-state index in [1.807, 2.05) is 44.2 Å². The van der Waals surface area contributed by atoms with Gasteiger partial charge in [0.1, 0.15) is 17.2 Å². The van der Waals surface area contributed by atoms with E-state index in [1.165, 1.54) is 0 Å². The molecule has 2 aromatic heterocycles. The number of hydrogen-bond donors (Lipinski definition) is 3. The minimum Gasteiger partial charge on any atom is -0.465 e. The molecule has 0 unspecified atom stereocenters. The van der Waals surface area contributed by atoms with E-state index in [-0.39, 0.29) is 24.1 Å². The van der Waals surface area contributed by atoms with Gasteiger partial charge in [0.2, 0.25) is 0 Å². The molecule has 0 saturated carbocycles. The number of aryl methyl sites for hydroxylation is 2. The van der Waals surface area contributed by atoms with Crippen LogP contribution in [0.1, 0.15) is 37.9 Å². The van der Waals surface area contributed by atoms with Crippen molar-refractivity contribution in [2.45, 2.75) is 20.4 Å². The largest absolute Gasteiger partial charge is 0.465 e. The number of aromatic amines is 1. The van der Waals surface area contributed by atoms with Crippen molar-refractivity contribution >= 4 is 40.0 Å². The number of benzene rings is 2. The van der Waals surface area contributed by atoms with Crippen LogP contribution in [0.15, 0.2) is 59.0 Å². The molecule has 0 radical (unpaired) electrons. The summed E-state index contributed by atoms with van der Waals surface area (Å²) in [6.45, 7) is 4.04. The zero-order valence-corrected chi connectivity index (χ0v) is 17.3. The molecule has 0 spiro atoms. The number of nitrogens with one attached hydrogen (secondary N) is 3.